The molecule has 3 heterocycles. The number of aromatic nitrogens is 2. The molecule has 0 spiro atoms. The highest BCUT2D eigenvalue weighted by molar-refractivity contribution is 7.89. The number of anilines is 2. The molecule has 4 aromatic rings. The molecule has 1 amide bonds. The van der Waals surface area contributed by atoms with Crippen LogP contribution in [0.15, 0.2) is 65.8 Å². The minimum absolute atomic E-state index is 0.00162. The molecule has 2 aromatic heterocycles. The fourth-order valence-electron chi connectivity index (χ4n) is 5.55. The van der Waals surface area contributed by atoms with Crippen molar-refractivity contribution < 1.29 is 45.3 Å². The van der Waals surface area contributed by atoms with Gasteiger partial charge in [0.2, 0.25) is 0 Å². The van der Waals surface area contributed by atoms with Crippen LogP contribution in [0.5, 0.6) is 23.0 Å². The van der Waals surface area contributed by atoms with Crippen LogP contribution in [0.4, 0.5) is 24.7 Å². The number of carbonyl (C=O) groups excluding carboxylic acids is 1. The van der Waals surface area contributed by atoms with Gasteiger partial charge in [-0.2, -0.15) is 4.31 Å². The maximum absolute atomic E-state index is 14.7. The van der Waals surface area contributed by atoms with E-state index in [9.17, 15) is 26.4 Å². The van der Waals surface area contributed by atoms with E-state index in [2.05, 4.69) is 15.3 Å². The van der Waals surface area contributed by atoms with Gasteiger partial charge in [-0.05, 0) is 31.2 Å². The first-order chi connectivity index (χ1) is 24.3. The summed E-state index contributed by atoms with van der Waals surface area (Å²) in [5.41, 5.74) is 0.892. The van der Waals surface area contributed by atoms with Crippen LogP contribution in [-0.4, -0.2) is 76.0 Å². The van der Waals surface area contributed by atoms with E-state index in [1.807, 2.05) is 0 Å². The Morgan fingerprint density at radius 2 is 1.45 bits per heavy atom. The summed E-state index contributed by atoms with van der Waals surface area (Å²) in [6.07, 6.45) is 0.322. The maximum Gasteiger partial charge on any atom is 0.261 e. The lowest BCUT2D eigenvalue weighted by Crippen LogP contribution is -2.40. The molecule has 12 nitrogen and oxygen atoms in total. The summed E-state index contributed by atoms with van der Waals surface area (Å²) < 4.78 is 94.1. The zero-order valence-electron chi connectivity index (χ0n) is 28.7. The lowest BCUT2D eigenvalue weighted by atomic mass is 10.1. The smallest absolute Gasteiger partial charge is 0.261 e. The second-order valence-electron chi connectivity index (χ2n) is 11.7. The van der Waals surface area contributed by atoms with E-state index in [1.54, 1.807) is 36.4 Å². The van der Waals surface area contributed by atoms with Crippen molar-refractivity contribution in [2.45, 2.75) is 43.8 Å². The van der Waals surface area contributed by atoms with Gasteiger partial charge >= 0.3 is 0 Å². The van der Waals surface area contributed by atoms with Crippen LogP contribution in [0.3, 0.4) is 0 Å². The molecule has 1 N–H and O–H groups in total. The average Bonchev–Trinajstić information content (AvgIpc) is 3.12. The SMILES string of the molecule is COc1ccc(CN(Cc2ccc(OC)cc2OC)S(=O)(=O)c2cc(NC(=O)c3cc(F)c(C)nc3N3CCC(F)(F)CC3)ccn2)c(OC)c1. The van der Waals surface area contributed by atoms with Gasteiger partial charge in [0.1, 0.15) is 34.6 Å². The normalized spacial score (nSPS) is 14.3. The highest BCUT2D eigenvalue weighted by atomic mass is 32.2. The number of nitrogens with zero attached hydrogens (tertiary/aromatic N) is 4. The zero-order chi connectivity index (χ0) is 36.9. The molecule has 0 saturated carbocycles. The number of hydrogen-bond acceptors (Lipinski definition) is 10. The number of pyridine rings is 2. The third kappa shape index (κ3) is 8.45. The van der Waals surface area contributed by atoms with Gasteiger partial charge in [0, 0.05) is 80.2 Å². The van der Waals surface area contributed by atoms with Crippen LogP contribution < -0.4 is 29.2 Å². The number of hydrogen-bond donors (Lipinski definition) is 1. The van der Waals surface area contributed by atoms with Crippen molar-refractivity contribution in [1.29, 1.82) is 0 Å². The molecule has 16 heteroatoms. The molecule has 2 aromatic carbocycles. The Morgan fingerprint density at radius 3 is 1.98 bits per heavy atom. The number of aryl methyl sites for hydroxylation is 1. The quantitative estimate of drug-likeness (QED) is 0.179. The molecule has 272 valence electrons. The summed E-state index contributed by atoms with van der Waals surface area (Å²) in [4.78, 5) is 23.4. The summed E-state index contributed by atoms with van der Waals surface area (Å²) in [6, 6.07) is 13.5. The predicted octanol–water partition coefficient (Wildman–Crippen LogP) is 5.84. The van der Waals surface area contributed by atoms with Crippen molar-refractivity contribution in [3.63, 3.8) is 0 Å². The van der Waals surface area contributed by atoms with Gasteiger partial charge in [0.15, 0.2) is 5.03 Å². The molecule has 1 aliphatic rings. The van der Waals surface area contributed by atoms with Crippen LogP contribution in [0.2, 0.25) is 0 Å². The molecule has 0 aliphatic carbocycles. The fraction of sp³-hybridized carbons (Fsp3) is 0.343. The first-order valence-corrected chi connectivity index (χ1v) is 17.2. The molecule has 1 aliphatic heterocycles. The number of amides is 1. The van der Waals surface area contributed by atoms with Gasteiger partial charge in [-0.3, -0.25) is 4.79 Å². The Labute approximate surface area is 294 Å². The molecule has 5 rings (SSSR count). The number of nitrogens with one attached hydrogen (secondary N) is 1. The number of rotatable bonds is 13. The summed E-state index contributed by atoms with van der Waals surface area (Å²) in [6.45, 7) is 0.923. The number of benzene rings is 2. The molecular formula is C35H38F3N5O7S. The van der Waals surface area contributed by atoms with E-state index in [0.717, 1.165) is 6.07 Å². The van der Waals surface area contributed by atoms with Crippen LogP contribution in [-0.2, 0) is 23.1 Å². The number of ether oxygens (including phenoxy) is 4. The van der Waals surface area contributed by atoms with Gasteiger partial charge in [-0.25, -0.2) is 31.6 Å². The molecule has 1 fully saturated rings. The highest BCUT2D eigenvalue weighted by Crippen LogP contribution is 2.34. The Kier molecular flexibility index (Phi) is 11.2. The van der Waals surface area contributed by atoms with E-state index in [4.69, 9.17) is 18.9 Å². The van der Waals surface area contributed by atoms with E-state index >= 15 is 0 Å². The van der Waals surface area contributed by atoms with Crippen molar-refractivity contribution >= 4 is 27.4 Å². The number of halogens is 3. The number of piperidine rings is 1. The first-order valence-electron chi connectivity index (χ1n) is 15.8. The predicted molar refractivity (Wildman–Crippen MR) is 183 cm³/mol. The Balaban J connectivity index is 1.49. The second kappa shape index (κ2) is 15.4. The van der Waals surface area contributed by atoms with Crippen LogP contribution in [0.1, 0.15) is 40.0 Å². The second-order valence-corrected chi connectivity index (χ2v) is 13.6. The largest absolute Gasteiger partial charge is 0.497 e. The average molecular weight is 730 g/mol. The minimum Gasteiger partial charge on any atom is -0.497 e. The Hall–Kier alpha value is -5.09. The Bertz CT molecular complexity index is 1950. The number of sulfonamides is 1. The lowest BCUT2D eigenvalue weighted by Gasteiger charge is -2.33. The molecular weight excluding hydrogens is 691 g/mol. The minimum atomic E-state index is -4.40. The monoisotopic (exact) mass is 729 g/mol. The summed E-state index contributed by atoms with van der Waals surface area (Å²) in [5.74, 6) is -2.58. The lowest BCUT2D eigenvalue weighted by molar-refractivity contribution is -0.0221. The molecule has 51 heavy (non-hydrogen) atoms. The number of alkyl halides is 2. The standard InChI is InChI=1S/C35H38F3N5O7S/c1-22-29(36)19-28(33(40-22)42-14-11-35(37,38)12-15-42)34(44)41-25-10-13-39-32(16-25)51(45,46)43(20-23-6-8-26(47-2)17-30(23)49-4)21-24-7-9-27(48-3)18-31(24)50-5/h6-10,13,16-19H,11-12,14-15,20-21H2,1-5H3,(H,39,41,44). The van der Waals surface area contributed by atoms with Gasteiger partial charge in [-0.15, -0.1) is 0 Å². The van der Waals surface area contributed by atoms with Crippen LogP contribution in [0, 0.1) is 12.7 Å². The summed E-state index contributed by atoms with van der Waals surface area (Å²) >= 11 is 0. The molecule has 1 saturated heterocycles. The molecule has 0 unspecified atom stereocenters. The fourth-order valence-corrected chi connectivity index (χ4v) is 6.90. The van der Waals surface area contributed by atoms with Crippen molar-refractivity contribution in [3.8, 4) is 23.0 Å². The van der Waals surface area contributed by atoms with Gasteiger partial charge in [-0.1, -0.05) is 12.1 Å². The molecule has 0 radical (unpaired) electrons. The third-order valence-corrected chi connectivity index (χ3v) is 10.1. The van der Waals surface area contributed by atoms with Crippen molar-refractivity contribution in [2.75, 3.05) is 51.7 Å². The first kappa shape index (κ1) is 37.2. The van der Waals surface area contributed by atoms with E-state index in [1.165, 1.54) is 62.9 Å². The Morgan fingerprint density at radius 1 is 0.882 bits per heavy atom. The van der Waals surface area contributed by atoms with E-state index in [0.29, 0.717) is 34.1 Å². The van der Waals surface area contributed by atoms with Crippen LogP contribution in [0.25, 0.3) is 0 Å². The van der Waals surface area contributed by atoms with E-state index in [-0.39, 0.29) is 48.9 Å². The number of methoxy groups -OCH3 is 4. The third-order valence-electron chi connectivity index (χ3n) is 8.45. The van der Waals surface area contributed by atoms with Gasteiger partial charge in [0.05, 0.1) is 39.7 Å². The molecule has 0 bridgehead atoms. The zero-order valence-corrected chi connectivity index (χ0v) is 29.5. The van der Waals surface area contributed by atoms with Crippen LogP contribution >= 0.6 is 0 Å². The summed E-state index contributed by atoms with van der Waals surface area (Å²) in [5, 5.41) is 2.21. The number of carbonyl (C=O) groups is 1. The van der Waals surface area contributed by atoms with Gasteiger partial charge < -0.3 is 29.2 Å². The van der Waals surface area contributed by atoms with Crippen molar-refractivity contribution in [2.24, 2.45) is 0 Å². The van der Waals surface area contributed by atoms with E-state index < -0.39 is 45.5 Å². The van der Waals surface area contributed by atoms with Crippen molar-refractivity contribution in [3.05, 3.63) is 89.0 Å². The topological polar surface area (TPSA) is 132 Å². The van der Waals surface area contributed by atoms with Gasteiger partial charge in [0.25, 0.3) is 21.9 Å². The highest BCUT2D eigenvalue weighted by Gasteiger charge is 2.36. The van der Waals surface area contributed by atoms with Crippen molar-refractivity contribution in [1.82, 2.24) is 14.3 Å². The summed E-state index contributed by atoms with van der Waals surface area (Å²) in [7, 11) is 1.51. The maximum atomic E-state index is 14.7. The molecule has 0 atom stereocenters.